The molecule has 9 rings (SSSR count). The molecule has 3 fully saturated rings. The van der Waals surface area contributed by atoms with E-state index in [-0.39, 0.29) is 95.2 Å². The van der Waals surface area contributed by atoms with Gasteiger partial charge >= 0.3 is 5.92 Å². The third-order valence-corrected chi connectivity index (χ3v) is 13.4. The number of hydrogen-bond acceptors (Lipinski definition) is 16. The van der Waals surface area contributed by atoms with Crippen molar-refractivity contribution in [3.63, 3.8) is 0 Å². The van der Waals surface area contributed by atoms with Crippen molar-refractivity contribution in [3.8, 4) is 5.75 Å². The smallest absolute Gasteiger partial charge is 0.342 e. The van der Waals surface area contributed by atoms with Gasteiger partial charge in [-0.1, -0.05) is 24.1 Å². The van der Waals surface area contributed by atoms with Crippen LogP contribution in [0.4, 0.5) is 42.0 Å². The Morgan fingerprint density at radius 3 is 2.51 bits per heavy atom. The minimum Gasteiger partial charge on any atom is -0.495 e. The van der Waals surface area contributed by atoms with Gasteiger partial charge in [-0.15, -0.1) is 5.10 Å². The highest BCUT2D eigenvalue weighted by atomic mass is 19.3. The molecule has 6 heterocycles. The summed E-state index contributed by atoms with van der Waals surface area (Å²) in [5.41, 5.74) is 1.06. The number of aromatic nitrogens is 5. The number of amides is 7. The molecule has 2 aromatic heterocycles. The van der Waals surface area contributed by atoms with Gasteiger partial charge in [0.05, 0.1) is 61.0 Å². The highest BCUT2D eigenvalue weighted by molar-refractivity contribution is 6.25. The van der Waals surface area contributed by atoms with Crippen LogP contribution in [-0.4, -0.2) is 147 Å². The van der Waals surface area contributed by atoms with Crippen LogP contribution in [0.1, 0.15) is 88.1 Å². The molecule has 0 bridgehead atoms. The Kier molecular flexibility index (Phi) is 13.6. The molecule has 374 valence electrons. The molecular formula is C46H51F3N14O8. The Bertz CT molecular complexity index is 2800. The molecule has 1 atom stereocenters. The summed E-state index contributed by atoms with van der Waals surface area (Å²) in [6.07, 6.45) is 7.26. The second kappa shape index (κ2) is 20.0. The molecule has 1 saturated carbocycles. The van der Waals surface area contributed by atoms with Gasteiger partial charge in [0.2, 0.25) is 23.7 Å². The molecule has 4 aromatic rings. The van der Waals surface area contributed by atoms with Crippen LogP contribution < -0.4 is 41.1 Å². The lowest BCUT2D eigenvalue weighted by Crippen LogP contribution is -2.54. The zero-order valence-corrected chi connectivity index (χ0v) is 38.8. The summed E-state index contributed by atoms with van der Waals surface area (Å²) in [5.74, 6) is -9.19. The maximum Gasteiger partial charge on any atom is 0.342 e. The predicted molar refractivity (Wildman–Crippen MR) is 247 cm³/mol. The zero-order chi connectivity index (χ0) is 50.1. The van der Waals surface area contributed by atoms with Crippen LogP contribution >= 0.6 is 0 Å². The van der Waals surface area contributed by atoms with E-state index in [0.717, 1.165) is 28.7 Å². The Hall–Kier alpha value is -7.70. The number of rotatable bonds is 15. The van der Waals surface area contributed by atoms with E-state index >= 15 is 13.2 Å². The maximum absolute atomic E-state index is 15.7. The molecule has 2 aromatic carbocycles. The number of ether oxygens (including phenoxy) is 1. The quantitative estimate of drug-likeness (QED) is 0.107. The van der Waals surface area contributed by atoms with Gasteiger partial charge in [-0.25, -0.2) is 9.37 Å². The largest absolute Gasteiger partial charge is 0.495 e. The topological polar surface area (TPSA) is 258 Å². The summed E-state index contributed by atoms with van der Waals surface area (Å²) in [4.78, 5) is 103. The lowest BCUT2D eigenvalue weighted by molar-refractivity contribution is -0.140. The molecule has 71 heavy (non-hydrogen) atoms. The Balaban J connectivity index is 0.729. The number of hydrogen-bond donors (Lipinski definition) is 5. The molecule has 25 heteroatoms. The van der Waals surface area contributed by atoms with Crippen LogP contribution in [0.3, 0.4) is 0 Å². The fraction of sp³-hybridized carbons (Fsp3) is 0.457. The van der Waals surface area contributed by atoms with E-state index < -0.39 is 59.8 Å². The molecule has 4 aliphatic heterocycles. The molecule has 5 N–H and O–H groups in total. The minimum atomic E-state index is -3.65. The summed E-state index contributed by atoms with van der Waals surface area (Å²) >= 11 is 0. The molecule has 22 nitrogen and oxygen atoms in total. The second-order valence-corrected chi connectivity index (χ2v) is 18.1. The van der Waals surface area contributed by atoms with Crippen molar-refractivity contribution >= 4 is 70.2 Å². The molecular weight excluding hydrogens is 934 g/mol. The van der Waals surface area contributed by atoms with Gasteiger partial charge in [0.1, 0.15) is 23.3 Å². The second-order valence-electron chi connectivity index (χ2n) is 18.1. The first kappa shape index (κ1) is 48.3. The summed E-state index contributed by atoms with van der Waals surface area (Å²) in [7, 11) is 2.61. The number of imide groups is 2. The number of nitrogens with zero attached hydrogens (tertiary/aromatic N) is 9. The molecule has 0 radical (unpaired) electrons. The summed E-state index contributed by atoms with van der Waals surface area (Å²) in [6, 6.07) is 5.32. The fourth-order valence-electron chi connectivity index (χ4n) is 9.68. The highest BCUT2D eigenvalue weighted by Gasteiger charge is 2.49. The van der Waals surface area contributed by atoms with Gasteiger partial charge in [-0.05, 0) is 50.3 Å². The SMILES string of the molecule is COc1cc(C(=O)NC2CCN(Cc3cn(CCNC(=O)CNc4cccc5c4C(=O)N(C4CCC(=O)NC4=O)C5=O)nn3)CC2)c(F)cc1Nc1ncc2c(n1)N(C1CCCC1)CC(F)(F)C(=O)N2C. The highest BCUT2D eigenvalue weighted by Crippen LogP contribution is 2.40. The van der Waals surface area contributed by atoms with Crippen molar-refractivity contribution in [3.05, 3.63) is 70.9 Å². The van der Waals surface area contributed by atoms with Crippen LogP contribution in [0.2, 0.25) is 0 Å². The number of carbonyl (C=O) groups is 7. The third kappa shape index (κ3) is 10.0. The number of nitrogens with one attached hydrogen (secondary N) is 5. The molecule has 7 amide bonds. The van der Waals surface area contributed by atoms with Gasteiger partial charge in [-0.3, -0.25) is 53.4 Å². The predicted octanol–water partition coefficient (Wildman–Crippen LogP) is 2.34. The monoisotopic (exact) mass is 984 g/mol. The summed E-state index contributed by atoms with van der Waals surface area (Å²) in [6.45, 7) is 1.17. The van der Waals surface area contributed by atoms with E-state index in [4.69, 9.17) is 4.74 Å². The van der Waals surface area contributed by atoms with Gasteiger partial charge in [0.15, 0.2) is 5.82 Å². The third-order valence-electron chi connectivity index (χ3n) is 13.4. The molecule has 2 saturated heterocycles. The number of benzene rings is 2. The van der Waals surface area contributed by atoms with E-state index in [1.165, 1.54) is 37.4 Å². The van der Waals surface area contributed by atoms with E-state index in [1.54, 1.807) is 23.0 Å². The van der Waals surface area contributed by atoms with Crippen molar-refractivity contribution in [2.24, 2.45) is 0 Å². The minimum absolute atomic E-state index is 0.00396. The number of anilines is 5. The van der Waals surface area contributed by atoms with E-state index in [2.05, 4.69) is 51.8 Å². The van der Waals surface area contributed by atoms with Crippen molar-refractivity contribution in [2.45, 2.75) is 88.5 Å². The van der Waals surface area contributed by atoms with Crippen LogP contribution in [0, 0.1) is 5.82 Å². The van der Waals surface area contributed by atoms with Crippen LogP contribution in [0.5, 0.6) is 5.75 Å². The first-order valence-electron chi connectivity index (χ1n) is 23.3. The van der Waals surface area contributed by atoms with E-state index in [1.807, 2.05) is 0 Å². The number of alkyl halides is 2. The molecule has 0 spiro atoms. The van der Waals surface area contributed by atoms with Gasteiger partial charge in [0.25, 0.3) is 23.6 Å². The van der Waals surface area contributed by atoms with Crippen molar-refractivity contribution in [2.75, 3.05) is 67.3 Å². The number of likely N-dealkylation sites (tertiary alicyclic amines) is 1. The standard InChI is InChI=1S/C46H51F3N14O8/c1-59-34-20-52-45(56-39(34)62(27-6-3-4-7-27)24-46(48,49)44(59)70)54-32-19-30(47)29(18-35(32)71-2)40(66)53-25-12-15-60(16-13-25)22-26-23-61(58-57-26)17-14-50-37(65)21-51-31-9-5-8-28-38(31)43(69)63(42(28)68)33-10-11-36(64)55-41(33)67/h5,8-9,18-20,23,25,27,33,51H,3-4,6-7,10-17,21-22,24H2,1-2H3,(H,50,65)(H,53,66)(H,52,54,56)(H,55,64,67). The maximum atomic E-state index is 15.7. The van der Waals surface area contributed by atoms with Gasteiger partial charge in [-0.2, -0.15) is 13.8 Å². The van der Waals surface area contributed by atoms with Crippen LogP contribution in [0.25, 0.3) is 0 Å². The Morgan fingerprint density at radius 1 is 0.986 bits per heavy atom. The summed E-state index contributed by atoms with van der Waals surface area (Å²) in [5, 5.41) is 22.1. The number of fused-ring (bicyclic) bond motifs is 2. The molecule has 5 aliphatic rings. The Morgan fingerprint density at radius 2 is 1.76 bits per heavy atom. The fourth-order valence-corrected chi connectivity index (χ4v) is 9.68. The van der Waals surface area contributed by atoms with Crippen molar-refractivity contribution < 1.29 is 51.5 Å². The first-order valence-corrected chi connectivity index (χ1v) is 23.3. The number of halogens is 3. The van der Waals surface area contributed by atoms with Gasteiger partial charge in [0, 0.05) is 69.7 Å². The lowest BCUT2D eigenvalue weighted by atomic mass is 10.0. The normalized spacial score (nSPS) is 19.6. The average Bonchev–Trinajstić information content (AvgIpc) is 4.10. The van der Waals surface area contributed by atoms with Crippen molar-refractivity contribution in [1.82, 2.24) is 50.7 Å². The zero-order valence-electron chi connectivity index (χ0n) is 38.8. The molecule has 1 unspecified atom stereocenters. The van der Waals surface area contributed by atoms with Crippen LogP contribution in [0.15, 0.2) is 42.7 Å². The first-order chi connectivity index (χ1) is 34.1. The average molecular weight is 985 g/mol. The lowest BCUT2D eigenvalue weighted by Gasteiger charge is -2.31. The van der Waals surface area contributed by atoms with Gasteiger partial charge < -0.3 is 35.8 Å². The number of methoxy groups -OCH3 is 1. The summed E-state index contributed by atoms with van der Waals surface area (Å²) < 4.78 is 52.9. The number of piperidine rings is 2. The van der Waals surface area contributed by atoms with Crippen LogP contribution in [-0.2, 0) is 32.3 Å². The van der Waals surface area contributed by atoms with Crippen molar-refractivity contribution in [1.29, 1.82) is 0 Å². The van der Waals surface area contributed by atoms with E-state index in [9.17, 15) is 33.6 Å². The molecule has 1 aliphatic carbocycles. The Labute approximate surface area is 404 Å². The number of carbonyl (C=O) groups excluding carboxylic acids is 7. The van der Waals surface area contributed by atoms with E-state index in [0.29, 0.717) is 57.6 Å².